The summed E-state index contributed by atoms with van der Waals surface area (Å²) >= 11 is 0. The fourth-order valence-electron chi connectivity index (χ4n) is 1.12. The summed E-state index contributed by atoms with van der Waals surface area (Å²) in [5.74, 6) is -5.77. The van der Waals surface area contributed by atoms with Gasteiger partial charge >= 0.3 is 12.1 Å². The average molecular weight is 252 g/mol. The predicted molar refractivity (Wildman–Crippen MR) is 50.4 cm³/mol. The lowest BCUT2D eigenvalue weighted by Crippen LogP contribution is -2.33. The van der Waals surface area contributed by atoms with E-state index < -0.39 is 23.6 Å². The summed E-state index contributed by atoms with van der Waals surface area (Å²) in [6.07, 6.45) is -5.68. The lowest BCUT2D eigenvalue weighted by Gasteiger charge is -2.20. The highest BCUT2D eigenvalue weighted by Crippen LogP contribution is 2.44. The van der Waals surface area contributed by atoms with Gasteiger partial charge in [0.2, 0.25) is 5.91 Å². The monoisotopic (exact) mass is 252 g/mol. The molecule has 1 aromatic carbocycles. The van der Waals surface area contributed by atoms with Gasteiger partial charge in [0, 0.05) is 18.2 Å². The summed E-state index contributed by atoms with van der Waals surface area (Å²) in [6.45, 7) is 2.91. The maximum absolute atomic E-state index is 12.9. The van der Waals surface area contributed by atoms with Gasteiger partial charge in [-0.3, -0.25) is 4.79 Å². The molecular weight excluding hydrogens is 245 g/mol. The minimum Gasteiger partial charge on any atom is -0.326 e. The molecule has 0 unspecified atom stereocenters. The Kier molecular flexibility index (Phi) is 3.40. The van der Waals surface area contributed by atoms with Crippen molar-refractivity contribution in [2.24, 2.45) is 0 Å². The molecule has 0 aromatic heterocycles. The first-order valence-electron chi connectivity index (χ1n) is 4.32. The Hall–Kier alpha value is -1.66. The number of carbonyl (C=O) groups excluding carboxylic acids is 1. The normalized spacial score (nSPS) is 12.4. The highest BCUT2D eigenvalue weighted by atomic mass is 19.4. The van der Waals surface area contributed by atoms with Crippen molar-refractivity contribution in [1.82, 2.24) is 0 Å². The van der Waals surface area contributed by atoms with Crippen LogP contribution in [-0.4, -0.2) is 12.1 Å². The van der Waals surface area contributed by atoms with Crippen LogP contribution in [0.15, 0.2) is 24.3 Å². The number of hydrogen-bond donors (Lipinski definition) is 1. The Morgan fingerprint density at radius 1 is 1.18 bits per heavy atom. The number of benzene rings is 1. The highest BCUT2D eigenvalue weighted by molar-refractivity contribution is 5.93. The third-order valence-corrected chi connectivity index (χ3v) is 1.86. The van der Waals surface area contributed by atoms with Gasteiger partial charge in [-0.05, 0) is 12.1 Å². The summed E-state index contributed by atoms with van der Waals surface area (Å²) in [7, 11) is 0. The molecule has 1 aromatic rings. The molecule has 0 aliphatic heterocycles. The summed E-state index contributed by atoms with van der Waals surface area (Å²) in [4.78, 5) is 10.5. The van der Waals surface area contributed by atoms with Crippen LogP contribution in [-0.2, 0) is 10.7 Å². The SMILES string of the molecule is [CH2]C(=O)Nc1cccc(C(F)(F)C(F)(F)F)c1. The van der Waals surface area contributed by atoms with E-state index >= 15 is 0 Å². The number of carbonyl (C=O) groups is 1. The van der Waals surface area contributed by atoms with E-state index in [-0.39, 0.29) is 5.69 Å². The van der Waals surface area contributed by atoms with Crippen molar-refractivity contribution in [2.75, 3.05) is 5.32 Å². The number of hydrogen-bond acceptors (Lipinski definition) is 1. The molecule has 1 amide bonds. The van der Waals surface area contributed by atoms with Crippen LogP contribution in [0.1, 0.15) is 5.56 Å². The van der Waals surface area contributed by atoms with Crippen molar-refractivity contribution >= 4 is 11.6 Å². The molecule has 0 spiro atoms. The van der Waals surface area contributed by atoms with E-state index in [1.807, 2.05) is 5.32 Å². The molecule has 0 heterocycles. The van der Waals surface area contributed by atoms with Gasteiger partial charge in [0.1, 0.15) is 0 Å². The molecule has 1 radical (unpaired) electrons. The van der Waals surface area contributed by atoms with Crippen LogP contribution in [0.3, 0.4) is 0 Å². The third-order valence-electron chi connectivity index (χ3n) is 1.86. The quantitative estimate of drug-likeness (QED) is 0.805. The fraction of sp³-hybridized carbons (Fsp3) is 0.200. The van der Waals surface area contributed by atoms with Gasteiger partial charge in [0.15, 0.2) is 0 Å². The summed E-state index contributed by atoms with van der Waals surface area (Å²) in [5.41, 5.74) is -1.41. The lowest BCUT2D eigenvalue weighted by molar-refractivity contribution is -0.289. The molecule has 0 aliphatic carbocycles. The van der Waals surface area contributed by atoms with Crippen LogP contribution >= 0.6 is 0 Å². The van der Waals surface area contributed by atoms with Crippen LogP contribution in [0.5, 0.6) is 0 Å². The first-order valence-corrected chi connectivity index (χ1v) is 4.32. The topological polar surface area (TPSA) is 29.1 Å². The molecule has 17 heavy (non-hydrogen) atoms. The minimum atomic E-state index is -5.68. The lowest BCUT2D eigenvalue weighted by atomic mass is 10.1. The molecule has 1 N–H and O–H groups in total. The molecule has 1 rings (SSSR count). The fourth-order valence-corrected chi connectivity index (χ4v) is 1.12. The molecule has 0 atom stereocenters. The molecule has 2 nitrogen and oxygen atoms in total. The standard InChI is InChI=1S/C10H7F5NO/c1-6(17)16-8-4-2-3-7(5-8)9(11,12)10(13,14)15/h2-5H,1H2,(H,16,17). The zero-order valence-electron chi connectivity index (χ0n) is 8.31. The Bertz CT molecular complexity index is 427. The Balaban J connectivity index is 3.11. The van der Waals surface area contributed by atoms with E-state index in [1.165, 1.54) is 6.07 Å². The predicted octanol–water partition coefficient (Wildman–Crippen LogP) is 3.11. The second-order valence-electron chi connectivity index (χ2n) is 3.20. The molecule has 0 bridgehead atoms. The summed E-state index contributed by atoms with van der Waals surface area (Å²) < 4.78 is 62.0. The largest absolute Gasteiger partial charge is 0.458 e. The van der Waals surface area contributed by atoms with E-state index in [0.717, 1.165) is 6.07 Å². The zero-order chi connectivity index (χ0) is 13.3. The van der Waals surface area contributed by atoms with Gasteiger partial charge in [-0.15, -0.1) is 0 Å². The van der Waals surface area contributed by atoms with Crippen molar-refractivity contribution in [2.45, 2.75) is 12.1 Å². The molecule has 0 aliphatic rings. The third kappa shape index (κ3) is 2.92. The van der Waals surface area contributed by atoms with Crippen molar-refractivity contribution in [1.29, 1.82) is 0 Å². The van der Waals surface area contributed by atoms with Crippen molar-refractivity contribution in [3.05, 3.63) is 36.8 Å². The van der Waals surface area contributed by atoms with Crippen molar-refractivity contribution in [3.8, 4) is 0 Å². The minimum absolute atomic E-state index is 0.175. The second-order valence-corrected chi connectivity index (χ2v) is 3.20. The molecule has 93 valence electrons. The van der Waals surface area contributed by atoms with Gasteiger partial charge in [0.05, 0.1) is 0 Å². The van der Waals surface area contributed by atoms with Crippen LogP contribution in [0.2, 0.25) is 0 Å². The van der Waals surface area contributed by atoms with Crippen LogP contribution in [0, 0.1) is 6.92 Å². The smallest absolute Gasteiger partial charge is 0.326 e. The Labute approximate surface area is 93.4 Å². The number of alkyl halides is 5. The van der Waals surface area contributed by atoms with Gasteiger partial charge in [-0.25, -0.2) is 0 Å². The van der Waals surface area contributed by atoms with Crippen LogP contribution in [0.25, 0.3) is 0 Å². The molecule has 7 heteroatoms. The van der Waals surface area contributed by atoms with E-state index in [9.17, 15) is 26.7 Å². The Morgan fingerprint density at radius 3 is 2.24 bits per heavy atom. The Morgan fingerprint density at radius 2 is 1.76 bits per heavy atom. The molecule has 0 fully saturated rings. The first-order chi connectivity index (χ1) is 7.64. The number of nitrogens with one attached hydrogen (secondary N) is 1. The van der Waals surface area contributed by atoms with Crippen molar-refractivity contribution < 1.29 is 26.7 Å². The number of rotatable bonds is 2. The maximum Gasteiger partial charge on any atom is 0.458 e. The van der Waals surface area contributed by atoms with Crippen LogP contribution in [0.4, 0.5) is 27.6 Å². The average Bonchev–Trinajstić information content (AvgIpc) is 2.15. The highest BCUT2D eigenvalue weighted by Gasteiger charge is 2.58. The van der Waals surface area contributed by atoms with E-state index in [0.29, 0.717) is 12.1 Å². The number of amides is 1. The van der Waals surface area contributed by atoms with Crippen LogP contribution < -0.4 is 5.32 Å². The van der Waals surface area contributed by atoms with E-state index in [1.54, 1.807) is 0 Å². The van der Waals surface area contributed by atoms with Gasteiger partial charge in [-0.1, -0.05) is 12.1 Å². The summed E-state index contributed by atoms with van der Waals surface area (Å²) in [5, 5.41) is 2.02. The zero-order valence-corrected chi connectivity index (χ0v) is 8.31. The van der Waals surface area contributed by atoms with E-state index in [4.69, 9.17) is 0 Å². The number of anilines is 1. The summed E-state index contributed by atoms with van der Waals surface area (Å²) in [6, 6.07) is 3.35. The maximum atomic E-state index is 12.9. The molecule has 0 saturated carbocycles. The van der Waals surface area contributed by atoms with Gasteiger partial charge < -0.3 is 5.32 Å². The molecular formula is C10H7F5NO. The molecule has 0 saturated heterocycles. The van der Waals surface area contributed by atoms with Gasteiger partial charge in [-0.2, -0.15) is 22.0 Å². The second kappa shape index (κ2) is 4.31. The van der Waals surface area contributed by atoms with E-state index in [2.05, 4.69) is 6.92 Å². The first kappa shape index (κ1) is 13.4. The van der Waals surface area contributed by atoms with Gasteiger partial charge in [0.25, 0.3) is 0 Å². The van der Waals surface area contributed by atoms with Crippen molar-refractivity contribution in [3.63, 3.8) is 0 Å². The number of halogens is 5.